The minimum absolute atomic E-state index is 0.113. The molecule has 19 heavy (non-hydrogen) atoms. The largest absolute Gasteiger partial charge is 0.370 e. The Kier molecular flexibility index (Phi) is 6.29. The summed E-state index contributed by atoms with van der Waals surface area (Å²) >= 11 is 0. The molecule has 0 amide bonds. The summed E-state index contributed by atoms with van der Waals surface area (Å²) in [7, 11) is 1.95. The van der Waals surface area contributed by atoms with Crippen molar-refractivity contribution in [3.63, 3.8) is 0 Å². The Morgan fingerprint density at radius 1 is 1.32 bits per heavy atom. The smallest absolute Gasteiger partial charge is 0.146 e. The predicted octanol–water partition coefficient (Wildman–Crippen LogP) is 3.73. The van der Waals surface area contributed by atoms with Crippen molar-refractivity contribution in [3.05, 3.63) is 29.6 Å². The van der Waals surface area contributed by atoms with Crippen LogP contribution in [-0.4, -0.2) is 19.1 Å². The first kappa shape index (κ1) is 16.0. The molecule has 2 nitrogen and oxygen atoms in total. The quantitative estimate of drug-likeness (QED) is 0.814. The third kappa shape index (κ3) is 4.50. The summed E-state index contributed by atoms with van der Waals surface area (Å²) in [5, 5.41) is 0. The van der Waals surface area contributed by atoms with Gasteiger partial charge in [-0.15, -0.1) is 0 Å². The predicted molar refractivity (Wildman–Crippen MR) is 81.1 cm³/mol. The molecule has 0 aliphatic rings. The van der Waals surface area contributed by atoms with E-state index in [1.165, 1.54) is 0 Å². The van der Waals surface area contributed by atoms with E-state index in [1.807, 2.05) is 24.1 Å². The molecule has 0 spiro atoms. The zero-order chi connectivity index (χ0) is 14.4. The van der Waals surface area contributed by atoms with Gasteiger partial charge in [0.2, 0.25) is 0 Å². The maximum absolute atomic E-state index is 14.2. The van der Waals surface area contributed by atoms with Crippen LogP contribution in [0.3, 0.4) is 0 Å². The highest BCUT2D eigenvalue weighted by molar-refractivity contribution is 5.49. The highest BCUT2D eigenvalue weighted by atomic mass is 19.1. The number of hydrogen-bond acceptors (Lipinski definition) is 2. The van der Waals surface area contributed by atoms with E-state index >= 15 is 0 Å². The van der Waals surface area contributed by atoms with Crippen LogP contribution in [0.4, 0.5) is 10.1 Å². The van der Waals surface area contributed by atoms with Gasteiger partial charge in [0.1, 0.15) is 5.82 Å². The Balaban J connectivity index is 2.82. The third-order valence-corrected chi connectivity index (χ3v) is 3.78. The van der Waals surface area contributed by atoms with Gasteiger partial charge in [0.25, 0.3) is 0 Å². The van der Waals surface area contributed by atoms with E-state index in [9.17, 15) is 4.39 Å². The fourth-order valence-electron chi connectivity index (χ4n) is 2.26. The molecule has 0 aliphatic carbocycles. The highest BCUT2D eigenvalue weighted by Crippen LogP contribution is 2.23. The Hall–Kier alpha value is -1.09. The van der Waals surface area contributed by atoms with E-state index < -0.39 is 0 Å². The van der Waals surface area contributed by atoms with Crippen LogP contribution in [0.1, 0.15) is 45.6 Å². The molecule has 0 saturated carbocycles. The molecule has 0 bridgehead atoms. The molecule has 0 fully saturated rings. The lowest BCUT2D eigenvalue weighted by Gasteiger charge is -2.27. The lowest BCUT2D eigenvalue weighted by Crippen LogP contribution is -2.29. The van der Waals surface area contributed by atoms with Gasteiger partial charge in [-0.3, -0.25) is 0 Å². The van der Waals surface area contributed by atoms with Gasteiger partial charge >= 0.3 is 0 Å². The number of halogens is 1. The average Bonchev–Trinajstić information content (AvgIpc) is 2.38. The van der Waals surface area contributed by atoms with Gasteiger partial charge in [-0.1, -0.05) is 26.3 Å². The number of nitrogens with two attached hydrogens (primary N) is 1. The molecule has 1 rings (SSSR count). The standard InChI is InChI=1S/C16H27FN2/c1-5-7-12(3)19(4)16-9-8-13(11-15(16)17)10-14(18)6-2/h8-9,11-12,14H,5-7,10,18H2,1-4H3. The molecule has 108 valence electrons. The van der Waals surface area contributed by atoms with Crippen molar-refractivity contribution in [2.24, 2.45) is 5.73 Å². The van der Waals surface area contributed by atoms with Crippen molar-refractivity contribution in [3.8, 4) is 0 Å². The zero-order valence-electron chi connectivity index (χ0n) is 12.6. The van der Waals surface area contributed by atoms with Gasteiger partial charge in [0, 0.05) is 19.1 Å². The minimum atomic E-state index is -0.147. The van der Waals surface area contributed by atoms with Crippen LogP contribution in [0.5, 0.6) is 0 Å². The normalized spacial score (nSPS) is 14.2. The van der Waals surface area contributed by atoms with E-state index in [1.54, 1.807) is 6.07 Å². The summed E-state index contributed by atoms with van der Waals surface area (Å²) in [4.78, 5) is 2.02. The molecular formula is C16H27FN2. The molecule has 2 atom stereocenters. The third-order valence-electron chi connectivity index (χ3n) is 3.78. The molecule has 1 aromatic rings. The van der Waals surface area contributed by atoms with Gasteiger partial charge in [0.15, 0.2) is 0 Å². The summed E-state index contributed by atoms with van der Waals surface area (Å²) in [5.41, 5.74) is 7.56. The first-order valence-corrected chi connectivity index (χ1v) is 7.26. The van der Waals surface area contributed by atoms with Gasteiger partial charge < -0.3 is 10.6 Å². The van der Waals surface area contributed by atoms with E-state index in [4.69, 9.17) is 5.73 Å². The molecule has 0 aliphatic heterocycles. The lowest BCUT2D eigenvalue weighted by molar-refractivity contribution is 0.578. The molecule has 0 heterocycles. The molecule has 0 saturated heterocycles. The van der Waals surface area contributed by atoms with Crippen LogP contribution in [-0.2, 0) is 6.42 Å². The fourth-order valence-corrected chi connectivity index (χ4v) is 2.26. The molecule has 1 aromatic carbocycles. The average molecular weight is 266 g/mol. The minimum Gasteiger partial charge on any atom is -0.370 e. The van der Waals surface area contributed by atoms with Crippen LogP contribution >= 0.6 is 0 Å². The van der Waals surface area contributed by atoms with Crippen LogP contribution in [0.2, 0.25) is 0 Å². The second-order valence-electron chi connectivity index (χ2n) is 5.41. The zero-order valence-corrected chi connectivity index (χ0v) is 12.6. The number of nitrogens with zero attached hydrogens (tertiary/aromatic N) is 1. The first-order valence-electron chi connectivity index (χ1n) is 7.26. The molecule has 0 radical (unpaired) electrons. The van der Waals surface area contributed by atoms with E-state index in [0.717, 1.165) is 31.2 Å². The van der Waals surface area contributed by atoms with Crippen molar-refractivity contribution >= 4 is 5.69 Å². The number of hydrogen-bond donors (Lipinski definition) is 1. The number of anilines is 1. The van der Waals surface area contributed by atoms with Crippen LogP contribution in [0.15, 0.2) is 18.2 Å². The maximum atomic E-state index is 14.2. The second kappa shape index (κ2) is 7.49. The van der Waals surface area contributed by atoms with Crippen molar-refractivity contribution in [1.29, 1.82) is 0 Å². The number of rotatable bonds is 7. The maximum Gasteiger partial charge on any atom is 0.146 e. The van der Waals surface area contributed by atoms with E-state index in [-0.39, 0.29) is 11.9 Å². The van der Waals surface area contributed by atoms with Gasteiger partial charge in [-0.05, 0) is 43.9 Å². The molecule has 2 unspecified atom stereocenters. The summed E-state index contributed by atoms with van der Waals surface area (Å²) in [6.07, 6.45) is 3.83. The summed E-state index contributed by atoms with van der Waals surface area (Å²) < 4.78 is 14.2. The summed E-state index contributed by atoms with van der Waals surface area (Å²) in [5.74, 6) is -0.147. The Morgan fingerprint density at radius 3 is 2.53 bits per heavy atom. The molecule has 0 aromatic heterocycles. The first-order chi connectivity index (χ1) is 8.99. The van der Waals surface area contributed by atoms with Crippen molar-refractivity contribution < 1.29 is 4.39 Å². The second-order valence-corrected chi connectivity index (χ2v) is 5.41. The molecule has 2 N–H and O–H groups in total. The van der Waals surface area contributed by atoms with Gasteiger partial charge in [0.05, 0.1) is 5.69 Å². The SMILES string of the molecule is CCCC(C)N(C)c1ccc(CC(N)CC)cc1F. The fraction of sp³-hybridized carbons (Fsp3) is 0.625. The summed E-state index contributed by atoms with van der Waals surface area (Å²) in [6, 6.07) is 5.95. The molecule has 3 heteroatoms. The highest BCUT2D eigenvalue weighted by Gasteiger charge is 2.14. The van der Waals surface area contributed by atoms with Gasteiger partial charge in [-0.25, -0.2) is 4.39 Å². The Labute approximate surface area is 116 Å². The van der Waals surface area contributed by atoms with Crippen molar-refractivity contribution in [1.82, 2.24) is 0 Å². The van der Waals surface area contributed by atoms with Crippen molar-refractivity contribution in [2.45, 2.75) is 58.5 Å². The lowest BCUT2D eigenvalue weighted by atomic mass is 10.0. The van der Waals surface area contributed by atoms with E-state index in [2.05, 4.69) is 20.8 Å². The monoisotopic (exact) mass is 266 g/mol. The van der Waals surface area contributed by atoms with Crippen LogP contribution in [0, 0.1) is 5.82 Å². The van der Waals surface area contributed by atoms with Crippen molar-refractivity contribution in [2.75, 3.05) is 11.9 Å². The van der Waals surface area contributed by atoms with Gasteiger partial charge in [-0.2, -0.15) is 0 Å². The Bertz CT molecular complexity index is 392. The Morgan fingerprint density at radius 2 is 2.00 bits per heavy atom. The number of benzene rings is 1. The molecular weight excluding hydrogens is 239 g/mol. The van der Waals surface area contributed by atoms with E-state index in [0.29, 0.717) is 11.7 Å². The van der Waals surface area contributed by atoms with Crippen LogP contribution in [0.25, 0.3) is 0 Å². The summed E-state index contributed by atoms with van der Waals surface area (Å²) in [6.45, 7) is 6.33. The van der Waals surface area contributed by atoms with Crippen LogP contribution < -0.4 is 10.6 Å². The topological polar surface area (TPSA) is 29.3 Å².